The van der Waals surface area contributed by atoms with E-state index in [2.05, 4.69) is 29.1 Å². The number of hydrogen-bond acceptors (Lipinski definition) is 2. The summed E-state index contributed by atoms with van der Waals surface area (Å²) >= 11 is 0. The number of rotatable bonds is 5. The number of nitrogens with one attached hydrogen (secondary N) is 2. The Bertz CT molecular complexity index is 350. The van der Waals surface area contributed by atoms with Crippen molar-refractivity contribution in [2.45, 2.75) is 64.3 Å². The van der Waals surface area contributed by atoms with E-state index in [1.54, 1.807) is 0 Å². The first kappa shape index (κ1) is 13.6. The minimum Gasteiger partial charge on any atom is -0.344 e. The Morgan fingerprint density at radius 2 is 2.11 bits per heavy atom. The van der Waals surface area contributed by atoms with E-state index in [0.29, 0.717) is 12.0 Å². The number of aromatic amines is 1. The summed E-state index contributed by atoms with van der Waals surface area (Å²) in [6.45, 7) is 4.46. The Hall–Kier alpha value is -0.830. The normalized spacial score (nSPS) is 26.2. The molecular formula is C15H27N3. The van der Waals surface area contributed by atoms with Gasteiger partial charge < -0.3 is 10.3 Å². The molecule has 2 N–H and O–H groups in total. The van der Waals surface area contributed by atoms with Crippen LogP contribution in [0.3, 0.4) is 0 Å². The topological polar surface area (TPSA) is 40.7 Å². The molecule has 3 heteroatoms. The highest BCUT2D eigenvalue weighted by Gasteiger charge is 2.24. The maximum Gasteiger partial charge on any atom is 0.109 e. The molecule has 1 atom stereocenters. The number of nitrogens with zero attached hydrogens (tertiary/aromatic N) is 1. The van der Waals surface area contributed by atoms with Crippen molar-refractivity contribution in [2.75, 3.05) is 7.05 Å². The molecule has 0 amide bonds. The molecule has 102 valence electrons. The van der Waals surface area contributed by atoms with Gasteiger partial charge in [-0.15, -0.1) is 0 Å². The van der Waals surface area contributed by atoms with Crippen molar-refractivity contribution < 1.29 is 0 Å². The van der Waals surface area contributed by atoms with Crippen molar-refractivity contribution in [1.29, 1.82) is 0 Å². The van der Waals surface area contributed by atoms with E-state index < -0.39 is 0 Å². The summed E-state index contributed by atoms with van der Waals surface area (Å²) in [5.41, 5.74) is 1.21. The van der Waals surface area contributed by atoms with Crippen LogP contribution in [0.5, 0.6) is 0 Å². The monoisotopic (exact) mass is 249 g/mol. The second-order valence-electron chi connectivity index (χ2n) is 5.74. The van der Waals surface area contributed by atoms with Gasteiger partial charge in [0.25, 0.3) is 0 Å². The van der Waals surface area contributed by atoms with E-state index in [1.807, 2.05) is 13.2 Å². The standard InChI is InChI=1S/C15H27N3/c1-4-5-12-6-8-13(9-7-12)15-17-10-14(18-15)11(2)16-3/h10-13,16H,4-9H2,1-3H3,(H,17,18). The first-order valence-corrected chi connectivity index (χ1v) is 7.46. The van der Waals surface area contributed by atoms with E-state index in [-0.39, 0.29) is 0 Å². The Morgan fingerprint density at radius 3 is 2.72 bits per heavy atom. The maximum absolute atomic E-state index is 4.58. The minimum atomic E-state index is 0.364. The third kappa shape index (κ3) is 3.14. The molecule has 1 aliphatic carbocycles. The molecule has 1 saturated carbocycles. The van der Waals surface area contributed by atoms with Gasteiger partial charge in [-0.05, 0) is 45.6 Å². The van der Waals surface area contributed by atoms with Crippen molar-refractivity contribution in [2.24, 2.45) is 5.92 Å². The lowest BCUT2D eigenvalue weighted by molar-refractivity contribution is 0.303. The molecule has 0 saturated heterocycles. The van der Waals surface area contributed by atoms with Crippen LogP contribution in [0.1, 0.15) is 75.9 Å². The molecule has 1 aromatic heterocycles. The van der Waals surface area contributed by atoms with E-state index in [4.69, 9.17) is 0 Å². The van der Waals surface area contributed by atoms with Crippen molar-refractivity contribution in [3.8, 4) is 0 Å². The van der Waals surface area contributed by atoms with Crippen LogP contribution in [0.15, 0.2) is 6.20 Å². The second kappa shape index (κ2) is 6.37. The number of H-pyrrole nitrogens is 1. The van der Waals surface area contributed by atoms with Crippen LogP contribution in [0, 0.1) is 5.92 Å². The Balaban J connectivity index is 1.91. The van der Waals surface area contributed by atoms with E-state index in [0.717, 1.165) is 5.92 Å². The number of hydrogen-bond donors (Lipinski definition) is 2. The van der Waals surface area contributed by atoms with Crippen LogP contribution >= 0.6 is 0 Å². The van der Waals surface area contributed by atoms with E-state index in [1.165, 1.54) is 50.0 Å². The smallest absolute Gasteiger partial charge is 0.109 e. The number of imidazole rings is 1. The molecule has 1 unspecified atom stereocenters. The Morgan fingerprint density at radius 1 is 1.39 bits per heavy atom. The predicted octanol–water partition coefficient (Wildman–Crippen LogP) is 3.76. The summed E-state index contributed by atoms with van der Waals surface area (Å²) in [7, 11) is 1.99. The lowest BCUT2D eigenvalue weighted by Crippen LogP contribution is -2.15. The highest BCUT2D eigenvalue weighted by atomic mass is 15.0. The van der Waals surface area contributed by atoms with Gasteiger partial charge in [0, 0.05) is 18.2 Å². The molecule has 0 radical (unpaired) electrons. The summed E-state index contributed by atoms with van der Waals surface area (Å²) < 4.78 is 0. The molecule has 1 aromatic rings. The van der Waals surface area contributed by atoms with Crippen LogP contribution in [0.4, 0.5) is 0 Å². The molecule has 0 spiro atoms. The lowest BCUT2D eigenvalue weighted by atomic mass is 9.80. The molecule has 2 rings (SSSR count). The quantitative estimate of drug-likeness (QED) is 0.834. The molecule has 0 bridgehead atoms. The summed E-state index contributed by atoms with van der Waals surface area (Å²) in [6, 6.07) is 0.364. The van der Waals surface area contributed by atoms with Gasteiger partial charge in [0.1, 0.15) is 5.82 Å². The Labute approximate surface area is 111 Å². The fraction of sp³-hybridized carbons (Fsp3) is 0.800. The van der Waals surface area contributed by atoms with Crippen LogP contribution in [0.2, 0.25) is 0 Å². The molecule has 1 fully saturated rings. The zero-order valence-electron chi connectivity index (χ0n) is 12.0. The molecule has 1 aliphatic rings. The molecule has 0 aromatic carbocycles. The van der Waals surface area contributed by atoms with Gasteiger partial charge in [-0.2, -0.15) is 0 Å². The summed E-state index contributed by atoms with van der Waals surface area (Å²) in [4.78, 5) is 8.09. The highest BCUT2D eigenvalue weighted by Crippen LogP contribution is 2.36. The van der Waals surface area contributed by atoms with Gasteiger partial charge in [-0.1, -0.05) is 19.8 Å². The van der Waals surface area contributed by atoms with Gasteiger partial charge in [-0.25, -0.2) is 4.98 Å². The van der Waals surface area contributed by atoms with Crippen LogP contribution in [-0.4, -0.2) is 17.0 Å². The highest BCUT2D eigenvalue weighted by molar-refractivity contribution is 5.09. The molecule has 0 aliphatic heterocycles. The van der Waals surface area contributed by atoms with E-state index in [9.17, 15) is 0 Å². The van der Waals surface area contributed by atoms with Crippen molar-refractivity contribution in [1.82, 2.24) is 15.3 Å². The van der Waals surface area contributed by atoms with Gasteiger partial charge >= 0.3 is 0 Å². The third-order valence-corrected chi connectivity index (χ3v) is 4.45. The minimum absolute atomic E-state index is 0.364. The lowest BCUT2D eigenvalue weighted by Gasteiger charge is -2.27. The molecule has 18 heavy (non-hydrogen) atoms. The summed E-state index contributed by atoms with van der Waals surface area (Å²) in [6.07, 6.45) is 10.1. The van der Waals surface area contributed by atoms with Crippen molar-refractivity contribution in [3.05, 3.63) is 17.7 Å². The SMILES string of the molecule is CCCC1CCC(c2ncc(C(C)NC)[nH]2)CC1. The number of aromatic nitrogens is 2. The largest absolute Gasteiger partial charge is 0.344 e. The molecular weight excluding hydrogens is 222 g/mol. The summed E-state index contributed by atoms with van der Waals surface area (Å²) in [5.74, 6) is 2.84. The average molecular weight is 249 g/mol. The van der Waals surface area contributed by atoms with Crippen LogP contribution in [0.25, 0.3) is 0 Å². The maximum atomic E-state index is 4.58. The van der Waals surface area contributed by atoms with Gasteiger partial charge in [0.2, 0.25) is 0 Å². The zero-order chi connectivity index (χ0) is 13.0. The van der Waals surface area contributed by atoms with Crippen molar-refractivity contribution in [3.63, 3.8) is 0 Å². The van der Waals surface area contributed by atoms with Crippen LogP contribution < -0.4 is 5.32 Å². The van der Waals surface area contributed by atoms with Gasteiger partial charge in [0.15, 0.2) is 0 Å². The van der Waals surface area contributed by atoms with Gasteiger partial charge in [-0.3, -0.25) is 0 Å². The molecule has 3 nitrogen and oxygen atoms in total. The third-order valence-electron chi connectivity index (χ3n) is 4.45. The molecule has 1 heterocycles. The Kier molecular flexibility index (Phi) is 4.81. The fourth-order valence-corrected chi connectivity index (χ4v) is 3.07. The average Bonchev–Trinajstić information content (AvgIpc) is 2.89. The first-order chi connectivity index (χ1) is 8.74. The van der Waals surface area contributed by atoms with E-state index >= 15 is 0 Å². The second-order valence-corrected chi connectivity index (χ2v) is 5.74. The predicted molar refractivity (Wildman–Crippen MR) is 75.7 cm³/mol. The summed E-state index contributed by atoms with van der Waals surface area (Å²) in [5, 5.41) is 3.25. The fourth-order valence-electron chi connectivity index (χ4n) is 3.07. The zero-order valence-corrected chi connectivity index (χ0v) is 12.0. The van der Waals surface area contributed by atoms with Crippen molar-refractivity contribution >= 4 is 0 Å². The first-order valence-electron chi connectivity index (χ1n) is 7.46. The van der Waals surface area contributed by atoms with Crippen LogP contribution in [-0.2, 0) is 0 Å². The van der Waals surface area contributed by atoms with Gasteiger partial charge in [0.05, 0.1) is 5.69 Å².